The number of hydrogen-bond acceptors (Lipinski definition) is 4. The molecule has 0 spiro atoms. The first kappa shape index (κ1) is 24.2. The van der Waals surface area contributed by atoms with Crippen LogP contribution in [0, 0.1) is 0 Å². The number of carbonyl (C=O) groups excluding carboxylic acids is 2. The third kappa shape index (κ3) is 8.91. The van der Waals surface area contributed by atoms with Crippen LogP contribution in [0.25, 0.3) is 0 Å². The van der Waals surface area contributed by atoms with Crippen molar-refractivity contribution in [3.05, 3.63) is 34.9 Å². The quantitative estimate of drug-likeness (QED) is 0.287. The zero-order valence-corrected chi connectivity index (χ0v) is 18.3. The number of carboxylic acids is 1. The molecule has 0 aliphatic carbocycles. The standard InChI is InChI=1S/C22H33NO4S/c1-16(2)7-5-8-17(3)9-6-10-18(4)13-14-28-15-19(22(26)27)23-20(24)11-12-21(23)25/h7,9,13,19H,5-6,8,10-12,14-15H2,1-4H3,(H,26,27)/t19-/m0/s1. The Labute approximate surface area is 172 Å². The van der Waals surface area contributed by atoms with Crippen molar-refractivity contribution < 1.29 is 19.5 Å². The number of rotatable bonds is 12. The maximum Gasteiger partial charge on any atom is 0.327 e. The first-order valence-electron chi connectivity index (χ1n) is 9.82. The second-order valence-electron chi connectivity index (χ2n) is 7.51. The Bertz CT molecular complexity index is 643. The highest BCUT2D eigenvalue weighted by atomic mass is 32.2. The average molecular weight is 408 g/mol. The van der Waals surface area contributed by atoms with E-state index >= 15 is 0 Å². The number of carbonyl (C=O) groups is 3. The SMILES string of the molecule is CC(C)=CCCC(C)=CCCC(C)=CCSC[C@@H](C(=O)O)N1C(=O)CCC1=O. The van der Waals surface area contributed by atoms with Gasteiger partial charge in [0.1, 0.15) is 6.04 Å². The van der Waals surface area contributed by atoms with Crippen molar-refractivity contribution in [3.8, 4) is 0 Å². The van der Waals surface area contributed by atoms with Gasteiger partial charge in [0, 0.05) is 24.3 Å². The highest BCUT2D eigenvalue weighted by Gasteiger charge is 2.38. The van der Waals surface area contributed by atoms with Gasteiger partial charge < -0.3 is 5.11 Å². The first-order chi connectivity index (χ1) is 13.2. The van der Waals surface area contributed by atoms with Gasteiger partial charge in [-0.15, -0.1) is 0 Å². The van der Waals surface area contributed by atoms with Crippen LogP contribution >= 0.6 is 11.8 Å². The van der Waals surface area contributed by atoms with Gasteiger partial charge in [0.2, 0.25) is 11.8 Å². The van der Waals surface area contributed by atoms with E-state index in [1.165, 1.54) is 28.5 Å². The van der Waals surface area contributed by atoms with E-state index in [1.807, 2.05) is 0 Å². The molecule has 0 aromatic carbocycles. The maximum atomic E-state index is 11.8. The fourth-order valence-electron chi connectivity index (χ4n) is 2.92. The van der Waals surface area contributed by atoms with E-state index < -0.39 is 12.0 Å². The van der Waals surface area contributed by atoms with Crippen LogP contribution in [0.15, 0.2) is 34.9 Å². The highest BCUT2D eigenvalue weighted by molar-refractivity contribution is 7.99. The lowest BCUT2D eigenvalue weighted by Gasteiger charge is -2.21. The van der Waals surface area contributed by atoms with E-state index in [9.17, 15) is 19.5 Å². The number of hydrogen-bond donors (Lipinski definition) is 1. The summed E-state index contributed by atoms with van der Waals surface area (Å²) >= 11 is 1.44. The van der Waals surface area contributed by atoms with Crippen LogP contribution in [0.4, 0.5) is 0 Å². The van der Waals surface area contributed by atoms with E-state index in [-0.39, 0.29) is 30.4 Å². The molecule has 2 amide bonds. The molecule has 1 atom stereocenters. The molecule has 1 rings (SSSR count). The van der Waals surface area contributed by atoms with Crippen LogP contribution in [-0.2, 0) is 14.4 Å². The van der Waals surface area contributed by atoms with Crippen molar-refractivity contribution in [1.82, 2.24) is 4.90 Å². The van der Waals surface area contributed by atoms with Crippen LogP contribution in [0.2, 0.25) is 0 Å². The van der Waals surface area contributed by atoms with Gasteiger partial charge in [0.05, 0.1) is 0 Å². The third-order valence-corrected chi connectivity index (χ3v) is 5.59. The Morgan fingerprint density at radius 2 is 1.54 bits per heavy atom. The molecule has 1 saturated heterocycles. The van der Waals surface area contributed by atoms with Gasteiger partial charge in [-0.25, -0.2) is 4.79 Å². The van der Waals surface area contributed by atoms with E-state index in [1.54, 1.807) is 0 Å². The molecule has 0 saturated carbocycles. The molecule has 1 fully saturated rings. The van der Waals surface area contributed by atoms with Gasteiger partial charge in [0.25, 0.3) is 0 Å². The molecule has 1 aliphatic heterocycles. The van der Waals surface area contributed by atoms with Crippen molar-refractivity contribution in [2.75, 3.05) is 11.5 Å². The number of nitrogens with zero attached hydrogens (tertiary/aromatic N) is 1. The number of allylic oxidation sites excluding steroid dienone is 5. The Kier molecular flexibility index (Phi) is 10.9. The monoisotopic (exact) mass is 407 g/mol. The molecule has 1 N–H and O–H groups in total. The lowest BCUT2D eigenvalue weighted by atomic mass is 10.1. The smallest absolute Gasteiger partial charge is 0.327 e. The van der Waals surface area contributed by atoms with Crippen LogP contribution in [-0.4, -0.2) is 45.3 Å². The maximum absolute atomic E-state index is 11.8. The van der Waals surface area contributed by atoms with Crippen LogP contribution in [0.5, 0.6) is 0 Å². The fraction of sp³-hybridized carbons (Fsp3) is 0.591. The average Bonchev–Trinajstić information content (AvgIpc) is 2.93. The summed E-state index contributed by atoms with van der Waals surface area (Å²) in [4.78, 5) is 35.9. The van der Waals surface area contributed by atoms with Crippen molar-refractivity contribution in [2.24, 2.45) is 0 Å². The Morgan fingerprint density at radius 3 is 2.07 bits per heavy atom. The predicted octanol–water partition coefficient (Wildman–Crippen LogP) is 4.74. The molecular formula is C22H33NO4S. The normalized spacial score (nSPS) is 16.5. The van der Waals surface area contributed by atoms with E-state index in [0.29, 0.717) is 5.75 Å². The van der Waals surface area contributed by atoms with Crippen molar-refractivity contribution >= 4 is 29.5 Å². The summed E-state index contributed by atoms with van der Waals surface area (Å²) in [6.07, 6.45) is 11.0. The minimum atomic E-state index is -1.12. The van der Waals surface area contributed by atoms with E-state index in [0.717, 1.165) is 30.6 Å². The highest BCUT2D eigenvalue weighted by Crippen LogP contribution is 2.19. The summed E-state index contributed by atoms with van der Waals surface area (Å²) < 4.78 is 0. The molecule has 1 aliphatic rings. The van der Waals surface area contributed by atoms with Crippen LogP contribution in [0.1, 0.15) is 66.2 Å². The number of likely N-dealkylation sites (tertiary alicyclic amines) is 1. The molecule has 5 nitrogen and oxygen atoms in total. The van der Waals surface area contributed by atoms with Crippen LogP contribution < -0.4 is 0 Å². The fourth-order valence-corrected chi connectivity index (χ4v) is 3.97. The van der Waals surface area contributed by atoms with Crippen molar-refractivity contribution in [3.63, 3.8) is 0 Å². The lowest BCUT2D eigenvalue weighted by molar-refractivity contribution is -0.153. The molecule has 0 radical (unpaired) electrons. The molecule has 28 heavy (non-hydrogen) atoms. The van der Waals surface area contributed by atoms with Crippen LogP contribution in [0.3, 0.4) is 0 Å². The van der Waals surface area contributed by atoms with E-state index in [4.69, 9.17) is 0 Å². The molecule has 0 unspecified atom stereocenters. The van der Waals surface area contributed by atoms with Gasteiger partial charge in [-0.1, -0.05) is 34.9 Å². The molecule has 1 heterocycles. The molecule has 0 bridgehead atoms. The van der Waals surface area contributed by atoms with Gasteiger partial charge in [-0.3, -0.25) is 14.5 Å². The lowest BCUT2D eigenvalue weighted by Crippen LogP contribution is -2.46. The van der Waals surface area contributed by atoms with Gasteiger partial charge >= 0.3 is 5.97 Å². The second-order valence-corrected chi connectivity index (χ2v) is 8.58. The third-order valence-electron chi connectivity index (χ3n) is 4.63. The number of aliphatic carboxylic acids is 1. The summed E-state index contributed by atoms with van der Waals surface area (Å²) in [5, 5.41) is 9.35. The topological polar surface area (TPSA) is 74.7 Å². The summed E-state index contributed by atoms with van der Waals surface area (Å²) in [7, 11) is 0. The summed E-state index contributed by atoms with van der Waals surface area (Å²) in [5.74, 6) is -0.979. The van der Waals surface area contributed by atoms with Gasteiger partial charge in [-0.2, -0.15) is 11.8 Å². The molecule has 0 aromatic rings. The predicted molar refractivity (Wildman–Crippen MR) is 115 cm³/mol. The number of carboxylic acid groups (broad SMARTS) is 1. The van der Waals surface area contributed by atoms with Crippen molar-refractivity contribution in [2.45, 2.75) is 72.3 Å². The Balaban J connectivity index is 2.36. The Morgan fingerprint density at radius 1 is 1.00 bits per heavy atom. The molecule has 156 valence electrons. The Hall–Kier alpha value is -1.82. The largest absolute Gasteiger partial charge is 0.480 e. The molecular weight excluding hydrogens is 374 g/mol. The zero-order chi connectivity index (χ0) is 21.1. The van der Waals surface area contributed by atoms with Gasteiger partial charge in [0.15, 0.2) is 0 Å². The first-order valence-corrected chi connectivity index (χ1v) is 11.0. The summed E-state index contributed by atoms with van der Waals surface area (Å²) in [6.45, 7) is 8.48. The second kappa shape index (κ2) is 12.6. The van der Waals surface area contributed by atoms with Gasteiger partial charge in [-0.05, 0) is 53.4 Å². The zero-order valence-electron chi connectivity index (χ0n) is 17.5. The summed E-state index contributed by atoms with van der Waals surface area (Å²) in [6, 6.07) is -1.06. The van der Waals surface area contributed by atoms with E-state index in [2.05, 4.69) is 45.9 Å². The molecule has 0 aromatic heterocycles. The minimum absolute atomic E-state index is 0.119. The van der Waals surface area contributed by atoms with Crippen molar-refractivity contribution in [1.29, 1.82) is 0 Å². The number of amides is 2. The number of imide groups is 1. The molecule has 6 heteroatoms. The number of thioether (sulfide) groups is 1. The summed E-state index contributed by atoms with van der Waals surface area (Å²) in [5.41, 5.74) is 4.03. The minimum Gasteiger partial charge on any atom is -0.480 e.